The van der Waals surface area contributed by atoms with Crippen LogP contribution < -0.4 is 5.32 Å². The number of hydrogen-bond donors (Lipinski definition) is 1. The highest BCUT2D eigenvalue weighted by Crippen LogP contribution is 2.22. The topological polar surface area (TPSA) is 21.3 Å². The first kappa shape index (κ1) is 15.0. The van der Waals surface area contributed by atoms with Crippen molar-refractivity contribution in [1.29, 1.82) is 0 Å². The van der Waals surface area contributed by atoms with Gasteiger partial charge in [0.1, 0.15) is 0 Å². The molecule has 1 N–H and O–H groups in total. The van der Waals surface area contributed by atoms with Crippen LogP contribution >= 0.6 is 22.9 Å². The van der Waals surface area contributed by atoms with Gasteiger partial charge in [-0.2, -0.15) is 0 Å². The third kappa shape index (κ3) is 6.41. The largest absolute Gasteiger partial charge is 0.377 e. The van der Waals surface area contributed by atoms with E-state index < -0.39 is 0 Å². The Morgan fingerprint density at radius 2 is 2.18 bits per heavy atom. The first-order chi connectivity index (χ1) is 8.11. The van der Waals surface area contributed by atoms with Crippen molar-refractivity contribution in [1.82, 2.24) is 5.32 Å². The Morgan fingerprint density at radius 3 is 2.71 bits per heavy atom. The van der Waals surface area contributed by atoms with Gasteiger partial charge in [0.25, 0.3) is 0 Å². The van der Waals surface area contributed by atoms with Gasteiger partial charge in [0, 0.05) is 10.9 Å². The molecule has 0 aliphatic heterocycles. The van der Waals surface area contributed by atoms with Crippen LogP contribution in [-0.2, 0) is 11.2 Å². The Morgan fingerprint density at radius 1 is 1.41 bits per heavy atom. The Balaban J connectivity index is 2.44. The maximum Gasteiger partial charge on any atom is 0.0931 e. The summed E-state index contributed by atoms with van der Waals surface area (Å²) in [6.07, 6.45) is 2.42. The van der Waals surface area contributed by atoms with Crippen LogP contribution in [0.3, 0.4) is 0 Å². The summed E-state index contributed by atoms with van der Waals surface area (Å²) in [5, 5.41) is 3.52. The van der Waals surface area contributed by atoms with Crippen molar-refractivity contribution in [2.45, 2.75) is 45.8 Å². The molecule has 0 amide bonds. The second-order valence-electron chi connectivity index (χ2n) is 4.44. The lowest BCUT2D eigenvalue weighted by Gasteiger charge is -2.19. The lowest BCUT2D eigenvalue weighted by atomic mass is 10.2. The summed E-state index contributed by atoms with van der Waals surface area (Å²) >= 11 is 7.60. The van der Waals surface area contributed by atoms with E-state index in [1.165, 1.54) is 4.88 Å². The first-order valence-corrected chi connectivity index (χ1v) is 7.40. The van der Waals surface area contributed by atoms with Crippen LogP contribution in [-0.4, -0.2) is 25.3 Å². The average molecular weight is 276 g/mol. The van der Waals surface area contributed by atoms with Crippen molar-refractivity contribution in [3.05, 3.63) is 21.3 Å². The highest BCUT2D eigenvalue weighted by atomic mass is 35.5. The van der Waals surface area contributed by atoms with Gasteiger partial charge in [0.2, 0.25) is 0 Å². The molecule has 1 atom stereocenters. The standard InChI is InChI=1S/C13H22ClNOS/c1-4-7-15-11(9-16-10(2)3)8-12-5-6-13(14)17-12/h5-6,10-11,15H,4,7-9H2,1-3H3. The second kappa shape index (κ2) is 8.09. The van der Waals surface area contributed by atoms with Gasteiger partial charge in [-0.1, -0.05) is 18.5 Å². The zero-order valence-electron chi connectivity index (χ0n) is 10.8. The normalized spacial score (nSPS) is 13.2. The lowest BCUT2D eigenvalue weighted by Crippen LogP contribution is -2.36. The van der Waals surface area contributed by atoms with E-state index in [0.717, 1.165) is 30.3 Å². The molecule has 0 bridgehead atoms. The molecule has 0 saturated heterocycles. The Labute approximate surface area is 113 Å². The van der Waals surface area contributed by atoms with Crippen LogP contribution in [0.25, 0.3) is 0 Å². The molecule has 0 spiro atoms. The van der Waals surface area contributed by atoms with Crippen LogP contribution in [0.4, 0.5) is 0 Å². The van der Waals surface area contributed by atoms with Gasteiger partial charge in [0.05, 0.1) is 17.0 Å². The summed E-state index contributed by atoms with van der Waals surface area (Å²) < 4.78 is 6.55. The van der Waals surface area contributed by atoms with Crippen molar-refractivity contribution in [3.63, 3.8) is 0 Å². The van der Waals surface area contributed by atoms with Crippen LogP contribution in [0.1, 0.15) is 32.1 Å². The summed E-state index contributed by atoms with van der Waals surface area (Å²) in [6, 6.07) is 4.44. The maximum absolute atomic E-state index is 5.94. The summed E-state index contributed by atoms with van der Waals surface area (Å²) in [6.45, 7) is 8.10. The number of hydrogen-bond acceptors (Lipinski definition) is 3. The molecular weight excluding hydrogens is 254 g/mol. The van der Waals surface area contributed by atoms with E-state index in [1.807, 2.05) is 6.07 Å². The number of nitrogens with one attached hydrogen (secondary N) is 1. The van der Waals surface area contributed by atoms with E-state index in [9.17, 15) is 0 Å². The second-order valence-corrected chi connectivity index (χ2v) is 6.24. The highest BCUT2D eigenvalue weighted by Gasteiger charge is 2.11. The van der Waals surface area contributed by atoms with Crippen molar-refractivity contribution in [2.75, 3.05) is 13.2 Å². The lowest BCUT2D eigenvalue weighted by molar-refractivity contribution is 0.0614. The Bertz CT molecular complexity index is 314. The number of halogens is 1. The van der Waals surface area contributed by atoms with Gasteiger partial charge < -0.3 is 10.1 Å². The van der Waals surface area contributed by atoms with Crippen LogP contribution in [0.5, 0.6) is 0 Å². The molecular formula is C13H22ClNOS. The van der Waals surface area contributed by atoms with Gasteiger partial charge in [-0.25, -0.2) is 0 Å². The molecule has 1 rings (SSSR count). The molecule has 1 aromatic rings. The molecule has 1 heterocycles. The molecule has 0 aliphatic rings. The predicted molar refractivity (Wildman–Crippen MR) is 76.2 cm³/mol. The van der Waals surface area contributed by atoms with Crippen molar-refractivity contribution in [2.24, 2.45) is 0 Å². The zero-order chi connectivity index (χ0) is 12.7. The van der Waals surface area contributed by atoms with Crippen LogP contribution in [0.2, 0.25) is 4.34 Å². The minimum absolute atomic E-state index is 0.285. The fourth-order valence-corrected chi connectivity index (χ4v) is 2.72. The van der Waals surface area contributed by atoms with E-state index in [4.69, 9.17) is 16.3 Å². The van der Waals surface area contributed by atoms with E-state index >= 15 is 0 Å². The first-order valence-electron chi connectivity index (χ1n) is 6.21. The molecule has 0 aromatic carbocycles. The van der Waals surface area contributed by atoms with Gasteiger partial charge in [-0.3, -0.25) is 0 Å². The molecule has 4 heteroatoms. The Hall–Kier alpha value is -0.0900. The molecule has 0 radical (unpaired) electrons. The molecule has 17 heavy (non-hydrogen) atoms. The number of rotatable bonds is 8. The average Bonchev–Trinajstić information content (AvgIpc) is 2.68. The molecule has 98 valence electrons. The fraction of sp³-hybridized carbons (Fsp3) is 0.692. The van der Waals surface area contributed by atoms with Crippen molar-refractivity contribution in [3.8, 4) is 0 Å². The Kier molecular flexibility index (Phi) is 7.12. The minimum atomic E-state index is 0.285. The molecule has 2 nitrogen and oxygen atoms in total. The summed E-state index contributed by atoms with van der Waals surface area (Å²) in [5.41, 5.74) is 0. The van der Waals surface area contributed by atoms with E-state index in [2.05, 4.69) is 32.2 Å². The number of ether oxygens (including phenoxy) is 1. The van der Waals surface area contributed by atoms with Crippen LogP contribution in [0.15, 0.2) is 12.1 Å². The summed E-state index contributed by atoms with van der Waals surface area (Å²) in [7, 11) is 0. The minimum Gasteiger partial charge on any atom is -0.377 e. The SMILES string of the molecule is CCCNC(COC(C)C)Cc1ccc(Cl)s1. The van der Waals surface area contributed by atoms with Crippen LogP contribution in [0, 0.1) is 0 Å². The van der Waals surface area contributed by atoms with Gasteiger partial charge in [-0.05, 0) is 45.4 Å². The van der Waals surface area contributed by atoms with Gasteiger partial charge in [-0.15, -0.1) is 11.3 Å². The van der Waals surface area contributed by atoms with E-state index in [-0.39, 0.29) is 6.10 Å². The molecule has 0 aliphatic carbocycles. The molecule has 1 aromatic heterocycles. The molecule has 0 fully saturated rings. The summed E-state index contributed by atoms with van der Waals surface area (Å²) in [5.74, 6) is 0. The molecule has 1 unspecified atom stereocenters. The van der Waals surface area contributed by atoms with Crippen molar-refractivity contribution >= 4 is 22.9 Å². The fourth-order valence-electron chi connectivity index (χ4n) is 1.55. The third-order valence-corrected chi connectivity index (χ3v) is 3.64. The van der Waals surface area contributed by atoms with E-state index in [0.29, 0.717) is 6.04 Å². The zero-order valence-corrected chi connectivity index (χ0v) is 12.4. The summed E-state index contributed by atoms with van der Waals surface area (Å²) in [4.78, 5) is 1.32. The smallest absolute Gasteiger partial charge is 0.0931 e. The highest BCUT2D eigenvalue weighted by molar-refractivity contribution is 7.16. The quantitative estimate of drug-likeness (QED) is 0.780. The predicted octanol–water partition coefficient (Wildman–Crippen LogP) is 3.74. The van der Waals surface area contributed by atoms with Crippen molar-refractivity contribution < 1.29 is 4.74 Å². The number of thiophene rings is 1. The third-order valence-electron chi connectivity index (χ3n) is 2.39. The molecule has 0 saturated carbocycles. The van der Waals surface area contributed by atoms with Gasteiger partial charge >= 0.3 is 0 Å². The van der Waals surface area contributed by atoms with Gasteiger partial charge in [0.15, 0.2) is 0 Å². The maximum atomic E-state index is 5.94. The van der Waals surface area contributed by atoms with E-state index in [1.54, 1.807) is 11.3 Å². The monoisotopic (exact) mass is 275 g/mol.